The number of nitrogens with one attached hydrogen (secondary N) is 1. The topological polar surface area (TPSA) is 34.1 Å². The summed E-state index contributed by atoms with van der Waals surface area (Å²) in [5, 5.41) is 4.42. The maximum absolute atomic E-state index is 4.99. The molecule has 0 spiro atoms. The fourth-order valence-electron chi connectivity index (χ4n) is 1.24. The van der Waals surface area contributed by atoms with Gasteiger partial charge in [0, 0.05) is 25.6 Å². The lowest BCUT2D eigenvalue weighted by Gasteiger charge is -2.04. The molecule has 0 saturated carbocycles. The van der Waals surface area contributed by atoms with Crippen molar-refractivity contribution in [1.82, 2.24) is 10.3 Å². The van der Waals surface area contributed by atoms with E-state index in [-0.39, 0.29) is 0 Å². The van der Waals surface area contributed by atoms with E-state index in [0.717, 1.165) is 30.5 Å². The third kappa shape index (κ3) is 5.49. The van der Waals surface area contributed by atoms with Gasteiger partial charge in [0.1, 0.15) is 0 Å². The normalized spacial score (nSPS) is 10.6. The maximum atomic E-state index is 4.99. The van der Waals surface area contributed by atoms with E-state index in [9.17, 15) is 0 Å². The molecule has 0 bridgehead atoms. The van der Waals surface area contributed by atoms with Crippen molar-refractivity contribution in [2.75, 3.05) is 26.0 Å². The minimum absolute atomic E-state index is 0.770. The first kappa shape index (κ1) is 13.5. The first-order chi connectivity index (χ1) is 7.86. The van der Waals surface area contributed by atoms with Gasteiger partial charge in [-0.1, -0.05) is 13.0 Å². The van der Waals surface area contributed by atoms with Gasteiger partial charge in [-0.05, 0) is 24.6 Å². The van der Waals surface area contributed by atoms with Crippen LogP contribution in [0.25, 0.3) is 0 Å². The molecule has 0 aromatic carbocycles. The number of methoxy groups -OCH3 is 1. The van der Waals surface area contributed by atoms with Gasteiger partial charge in [0.25, 0.3) is 0 Å². The van der Waals surface area contributed by atoms with Gasteiger partial charge in [-0.15, -0.1) is 11.8 Å². The fourth-order valence-corrected chi connectivity index (χ4v) is 1.99. The van der Waals surface area contributed by atoms with Crippen LogP contribution in [0.1, 0.15) is 18.9 Å². The van der Waals surface area contributed by atoms with Gasteiger partial charge >= 0.3 is 0 Å². The second-order valence-electron chi connectivity index (χ2n) is 3.52. The maximum Gasteiger partial charge on any atom is 0.0960 e. The molecule has 1 N–H and O–H groups in total. The molecule has 4 heteroatoms. The number of aromatic nitrogens is 1. The smallest absolute Gasteiger partial charge is 0.0960 e. The van der Waals surface area contributed by atoms with Crippen molar-refractivity contribution < 1.29 is 4.74 Å². The summed E-state index contributed by atoms with van der Waals surface area (Å²) >= 11 is 1.73. The highest BCUT2D eigenvalue weighted by atomic mass is 32.2. The lowest BCUT2D eigenvalue weighted by molar-refractivity contribution is 0.218. The van der Waals surface area contributed by atoms with Gasteiger partial charge in [0.2, 0.25) is 0 Å². The monoisotopic (exact) mass is 240 g/mol. The van der Waals surface area contributed by atoms with Crippen molar-refractivity contribution in [3.63, 3.8) is 0 Å². The third-order valence-electron chi connectivity index (χ3n) is 2.09. The summed E-state index contributed by atoms with van der Waals surface area (Å²) in [6.07, 6.45) is 3.11. The number of thioether (sulfide) groups is 1. The van der Waals surface area contributed by atoms with Gasteiger partial charge in [-0.25, -0.2) is 4.98 Å². The largest absolute Gasteiger partial charge is 0.384 e. The van der Waals surface area contributed by atoms with Crippen LogP contribution in [-0.2, 0) is 11.3 Å². The summed E-state index contributed by atoms with van der Waals surface area (Å²) in [7, 11) is 1.72. The Morgan fingerprint density at radius 1 is 1.44 bits per heavy atom. The number of hydrogen-bond donors (Lipinski definition) is 1. The number of nitrogens with zero attached hydrogens (tertiary/aromatic N) is 1. The van der Waals surface area contributed by atoms with E-state index in [1.807, 2.05) is 6.20 Å². The second kappa shape index (κ2) is 8.56. The van der Waals surface area contributed by atoms with Crippen molar-refractivity contribution >= 4 is 11.8 Å². The zero-order valence-electron chi connectivity index (χ0n) is 10.0. The predicted molar refractivity (Wildman–Crippen MR) is 68.8 cm³/mol. The first-order valence-electron chi connectivity index (χ1n) is 5.64. The highest BCUT2D eigenvalue weighted by molar-refractivity contribution is 7.99. The summed E-state index contributed by atoms with van der Waals surface area (Å²) in [5.74, 6) is 0.955. The Hall–Kier alpha value is -0.580. The zero-order valence-corrected chi connectivity index (χ0v) is 10.8. The molecule has 0 unspecified atom stereocenters. The molecule has 16 heavy (non-hydrogen) atoms. The van der Waals surface area contributed by atoms with Crippen LogP contribution in [0.2, 0.25) is 0 Å². The Morgan fingerprint density at radius 3 is 2.94 bits per heavy atom. The van der Waals surface area contributed by atoms with Crippen molar-refractivity contribution in [1.29, 1.82) is 0 Å². The van der Waals surface area contributed by atoms with Gasteiger partial charge in [0.05, 0.1) is 11.6 Å². The van der Waals surface area contributed by atoms with Gasteiger partial charge in [0.15, 0.2) is 0 Å². The first-order valence-corrected chi connectivity index (χ1v) is 6.62. The number of rotatable bonds is 8. The molecule has 0 radical (unpaired) electrons. The highest BCUT2D eigenvalue weighted by Crippen LogP contribution is 2.14. The standard InChI is InChI=1S/C12H20N2OS/c1-3-6-13-9-11-4-5-12(14-10-11)16-8-7-15-2/h4-5,10,13H,3,6-9H2,1-2H3. The number of pyridine rings is 1. The lowest BCUT2D eigenvalue weighted by Crippen LogP contribution is -2.13. The minimum atomic E-state index is 0.770. The SMILES string of the molecule is CCCNCc1ccc(SCCOC)nc1. The van der Waals surface area contributed by atoms with E-state index in [0.29, 0.717) is 0 Å². The van der Waals surface area contributed by atoms with E-state index in [1.54, 1.807) is 18.9 Å². The molecule has 1 aromatic heterocycles. The molecule has 0 aliphatic carbocycles. The van der Waals surface area contributed by atoms with Crippen LogP contribution in [0.5, 0.6) is 0 Å². The third-order valence-corrected chi connectivity index (χ3v) is 3.00. The summed E-state index contributed by atoms with van der Waals surface area (Å²) < 4.78 is 4.99. The second-order valence-corrected chi connectivity index (χ2v) is 4.64. The molecule has 0 fully saturated rings. The molecule has 0 atom stereocenters. The summed E-state index contributed by atoms with van der Waals surface area (Å²) in [5.41, 5.74) is 1.24. The summed E-state index contributed by atoms with van der Waals surface area (Å²) in [6.45, 7) is 4.90. The average Bonchev–Trinajstić information content (AvgIpc) is 2.32. The van der Waals surface area contributed by atoms with E-state index < -0.39 is 0 Å². The van der Waals surface area contributed by atoms with Gasteiger partial charge in [-0.3, -0.25) is 0 Å². The van der Waals surface area contributed by atoms with Crippen LogP contribution in [0, 0.1) is 0 Å². The molecule has 90 valence electrons. The Kier molecular flexibility index (Phi) is 7.21. The van der Waals surface area contributed by atoms with Crippen LogP contribution < -0.4 is 5.32 Å². The Bertz CT molecular complexity index is 248. The van der Waals surface area contributed by atoms with Crippen molar-refractivity contribution in [2.24, 2.45) is 0 Å². The number of ether oxygens (including phenoxy) is 1. The van der Waals surface area contributed by atoms with E-state index in [4.69, 9.17) is 4.74 Å². The van der Waals surface area contributed by atoms with Crippen LogP contribution in [0.3, 0.4) is 0 Å². The fraction of sp³-hybridized carbons (Fsp3) is 0.583. The Morgan fingerprint density at radius 2 is 2.31 bits per heavy atom. The molecule has 3 nitrogen and oxygen atoms in total. The average molecular weight is 240 g/mol. The summed E-state index contributed by atoms with van der Waals surface area (Å²) in [4.78, 5) is 4.40. The van der Waals surface area contributed by atoms with Crippen LogP contribution in [0.15, 0.2) is 23.4 Å². The van der Waals surface area contributed by atoms with E-state index >= 15 is 0 Å². The van der Waals surface area contributed by atoms with Gasteiger partial charge in [-0.2, -0.15) is 0 Å². The molecule has 0 aliphatic rings. The Labute approximate surface area is 102 Å². The van der Waals surface area contributed by atoms with Crippen molar-refractivity contribution in [3.05, 3.63) is 23.9 Å². The lowest BCUT2D eigenvalue weighted by atomic mass is 10.3. The predicted octanol–water partition coefficient (Wildman–Crippen LogP) is 2.32. The minimum Gasteiger partial charge on any atom is -0.384 e. The molecular weight excluding hydrogens is 220 g/mol. The van der Waals surface area contributed by atoms with Crippen LogP contribution in [0.4, 0.5) is 0 Å². The van der Waals surface area contributed by atoms with E-state index in [1.165, 1.54) is 12.0 Å². The molecule has 0 amide bonds. The van der Waals surface area contributed by atoms with E-state index in [2.05, 4.69) is 29.4 Å². The zero-order chi connectivity index (χ0) is 11.6. The molecule has 0 saturated heterocycles. The molecule has 1 heterocycles. The summed E-state index contributed by atoms with van der Waals surface area (Å²) in [6, 6.07) is 4.20. The van der Waals surface area contributed by atoms with Crippen molar-refractivity contribution in [2.45, 2.75) is 24.9 Å². The quantitative estimate of drug-likeness (QED) is 0.558. The molecule has 1 aromatic rings. The molecular formula is C12H20N2OS. The molecule has 0 aliphatic heterocycles. The van der Waals surface area contributed by atoms with Crippen molar-refractivity contribution in [3.8, 4) is 0 Å². The van der Waals surface area contributed by atoms with Crippen LogP contribution >= 0.6 is 11.8 Å². The van der Waals surface area contributed by atoms with Crippen LogP contribution in [-0.4, -0.2) is 31.0 Å². The van der Waals surface area contributed by atoms with Gasteiger partial charge < -0.3 is 10.1 Å². The Balaban J connectivity index is 2.30. The number of hydrogen-bond acceptors (Lipinski definition) is 4. The highest BCUT2D eigenvalue weighted by Gasteiger charge is 1.96. The molecule has 1 rings (SSSR count).